The average Bonchev–Trinajstić information content (AvgIpc) is 2.43. The van der Waals surface area contributed by atoms with E-state index in [2.05, 4.69) is 15.9 Å². The number of rotatable bonds is 6. The van der Waals surface area contributed by atoms with Crippen molar-refractivity contribution in [2.45, 2.75) is 19.6 Å². The van der Waals surface area contributed by atoms with Crippen molar-refractivity contribution in [3.8, 4) is 0 Å². The van der Waals surface area contributed by atoms with E-state index in [1.54, 1.807) is 0 Å². The molecule has 2 rings (SSSR count). The molecule has 1 aromatic rings. The summed E-state index contributed by atoms with van der Waals surface area (Å²) in [5.74, 6) is 0. The second kappa shape index (κ2) is 8.11. The minimum Gasteiger partial charge on any atom is -0.390 e. The highest BCUT2D eigenvalue weighted by Gasteiger charge is 2.16. The monoisotopic (exact) mass is 312 g/mol. The number of hydrogen-bond acceptors (Lipinski definition) is 4. The zero-order valence-corrected chi connectivity index (χ0v) is 13.6. The predicted molar refractivity (Wildman–Crippen MR) is 85.8 cm³/mol. The van der Waals surface area contributed by atoms with Crippen molar-refractivity contribution in [1.29, 1.82) is 0 Å². The van der Waals surface area contributed by atoms with Gasteiger partial charge in [-0.25, -0.2) is 0 Å². The maximum atomic E-state index is 10.2. The number of aliphatic hydroxyl groups is 1. The van der Waals surface area contributed by atoms with Crippen LogP contribution in [0.2, 0.25) is 5.02 Å². The minimum atomic E-state index is -0.332. The van der Waals surface area contributed by atoms with Gasteiger partial charge in [0, 0.05) is 37.7 Å². The first-order valence-electron chi connectivity index (χ1n) is 7.46. The molecular weight excluding hydrogens is 288 g/mol. The fourth-order valence-corrected chi connectivity index (χ4v) is 2.80. The van der Waals surface area contributed by atoms with Crippen LogP contribution in [0, 0.1) is 6.92 Å². The van der Waals surface area contributed by atoms with E-state index in [0.717, 1.165) is 43.4 Å². The van der Waals surface area contributed by atoms with E-state index in [0.29, 0.717) is 13.1 Å². The first-order chi connectivity index (χ1) is 10.0. The Kier molecular flexibility index (Phi) is 6.45. The number of halogens is 1. The number of aryl methyl sites for hydroxylation is 1. The molecule has 1 aliphatic rings. The molecule has 4 nitrogen and oxygen atoms in total. The molecular formula is C16H25ClN2O2. The second-order valence-corrected chi connectivity index (χ2v) is 6.25. The number of ether oxygens (including phenoxy) is 1. The fraction of sp³-hybridized carbons (Fsp3) is 0.625. The van der Waals surface area contributed by atoms with Crippen LogP contribution in [-0.4, -0.2) is 67.5 Å². The smallest absolute Gasteiger partial charge is 0.0793 e. The van der Waals surface area contributed by atoms with Gasteiger partial charge in [-0.2, -0.15) is 0 Å². The lowest BCUT2D eigenvalue weighted by Gasteiger charge is -2.30. The fourth-order valence-electron chi connectivity index (χ4n) is 2.68. The summed E-state index contributed by atoms with van der Waals surface area (Å²) in [4.78, 5) is 4.40. The molecule has 0 spiro atoms. The standard InChI is InChI=1S/C16H25ClN2O2/c1-13-9-14(3-4-16(13)17)10-18(2)11-15(20)12-19-5-7-21-8-6-19/h3-4,9,15,20H,5-8,10-12H2,1-2H3. The molecule has 0 radical (unpaired) electrons. The molecule has 0 amide bonds. The number of benzene rings is 1. The normalized spacial score (nSPS) is 18.1. The van der Waals surface area contributed by atoms with Gasteiger partial charge in [-0.15, -0.1) is 0 Å². The summed E-state index contributed by atoms with van der Waals surface area (Å²) >= 11 is 6.04. The molecule has 0 saturated carbocycles. The molecule has 1 N–H and O–H groups in total. The van der Waals surface area contributed by atoms with E-state index >= 15 is 0 Å². The van der Waals surface area contributed by atoms with Gasteiger partial charge < -0.3 is 9.84 Å². The molecule has 1 aliphatic heterocycles. The molecule has 0 bridgehead atoms. The van der Waals surface area contributed by atoms with Crippen LogP contribution in [0.1, 0.15) is 11.1 Å². The Morgan fingerprint density at radius 1 is 1.38 bits per heavy atom. The summed E-state index contributed by atoms with van der Waals surface area (Å²) in [6, 6.07) is 6.08. The average molecular weight is 313 g/mol. The maximum Gasteiger partial charge on any atom is 0.0793 e. The van der Waals surface area contributed by atoms with Gasteiger partial charge in [0.05, 0.1) is 19.3 Å². The third-order valence-corrected chi connectivity index (χ3v) is 4.19. The molecule has 21 heavy (non-hydrogen) atoms. The van der Waals surface area contributed by atoms with Gasteiger partial charge in [-0.3, -0.25) is 9.80 Å². The second-order valence-electron chi connectivity index (χ2n) is 5.85. The van der Waals surface area contributed by atoms with Crippen LogP contribution in [0.15, 0.2) is 18.2 Å². The van der Waals surface area contributed by atoms with Gasteiger partial charge >= 0.3 is 0 Å². The number of aliphatic hydroxyl groups excluding tert-OH is 1. The van der Waals surface area contributed by atoms with Crippen LogP contribution in [0.5, 0.6) is 0 Å². The summed E-state index contributed by atoms with van der Waals surface area (Å²) in [6.45, 7) is 7.58. The zero-order valence-electron chi connectivity index (χ0n) is 12.9. The largest absolute Gasteiger partial charge is 0.390 e. The molecule has 1 atom stereocenters. The lowest BCUT2D eigenvalue weighted by atomic mass is 10.1. The number of morpholine rings is 1. The molecule has 1 heterocycles. The number of β-amino-alcohol motifs (C(OH)–C–C–N with tert-alkyl or cyclic N) is 1. The number of hydrogen-bond donors (Lipinski definition) is 1. The lowest BCUT2D eigenvalue weighted by Crippen LogP contribution is -2.43. The van der Waals surface area contributed by atoms with Crippen molar-refractivity contribution in [3.63, 3.8) is 0 Å². The first kappa shape index (κ1) is 16.7. The number of nitrogens with zero attached hydrogens (tertiary/aromatic N) is 2. The zero-order chi connectivity index (χ0) is 15.2. The molecule has 1 unspecified atom stereocenters. The molecule has 118 valence electrons. The van der Waals surface area contributed by atoms with Crippen molar-refractivity contribution >= 4 is 11.6 Å². The third-order valence-electron chi connectivity index (χ3n) is 3.77. The van der Waals surface area contributed by atoms with Crippen LogP contribution in [0.25, 0.3) is 0 Å². The van der Waals surface area contributed by atoms with E-state index in [4.69, 9.17) is 16.3 Å². The third kappa shape index (κ3) is 5.57. The molecule has 1 saturated heterocycles. The Morgan fingerprint density at radius 2 is 2.10 bits per heavy atom. The summed E-state index contributed by atoms with van der Waals surface area (Å²) in [6.07, 6.45) is -0.332. The SMILES string of the molecule is Cc1cc(CN(C)CC(O)CN2CCOCC2)ccc1Cl. The van der Waals surface area contributed by atoms with E-state index < -0.39 is 0 Å². The van der Waals surface area contributed by atoms with Crippen molar-refractivity contribution in [1.82, 2.24) is 9.80 Å². The number of likely N-dealkylation sites (N-methyl/N-ethyl adjacent to an activating group) is 1. The van der Waals surface area contributed by atoms with Gasteiger partial charge in [-0.05, 0) is 31.2 Å². The minimum absolute atomic E-state index is 0.332. The lowest BCUT2D eigenvalue weighted by molar-refractivity contribution is 0.00825. The molecule has 0 aromatic heterocycles. The Hall–Kier alpha value is -0.650. The molecule has 0 aliphatic carbocycles. The van der Waals surface area contributed by atoms with Crippen LogP contribution >= 0.6 is 11.6 Å². The summed E-state index contributed by atoms with van der Waals surface area (Å²) in [7, 11) is 2.03. The first-order valence-corrected chi connectivity index (χ1v) is 7.84. The maximum absolute atomic E-state index is 10.2. The van der Waals surface area contributed by atoms with Gasteiger partial charge in [0.1, 0.15) is 0 Å². The molecule has 1 aromatic carbocycles. The Bertz CT molecular complexity index is 450. The van der Waals surface area contributed by atoms with Crippen molar-refractivity contribution in [2.75, 3.05) is 46.4 Å². The Morgan fingerprint density at radius 3 is 2.76 bits per heavy atom. The van der Waals surface area contributed by atoms with E-state index in [9.17, 15) is 5.11 Å². The van der Waals surface area contributed by atoms with Crippen molar-refractivity contribution in [3.05, 3.63) is 34.3 Å². The van der Waals surface area contributed by atoms with Crippen LogP contribution in [0.3, 0.4) is 0 Å². The topological polar surface area (TPSA) is 35.9 Å². The highest BCUT2D eigenvalue weighted by atomic mass is 35.5. The highest BCUT2D eigenvalue weighted by Crippen LogP contribution is 2.17. The van der Waals surface area contributed by atoms with Gasteiger partial charge in [0.2, 0.25) is 0 Å². The Labute approximate surface area is 132 Å². The van der Waals surface area contributed by atoms with Crippen LogP contribution in [-0.2, 0) is 11.3 Å². The van der Waals surface area contributed by atoms with Gasteiger partial charge in [0.15, 0.2) is 0 Å². The van der Waals surface area contributed by atoms with Crippen LogP contribution < -0.4 is 0 Å². The van der Waals surface area contributed by atoms with Gasteiger partial charge in [0.25, 0.3) is 0 Å². The van der Waals surface area contributed by atoms with E-state index in [-0.39, 0.29) is 6.10 Å². The predicted octanol–water partition coefficient (Wildman–Crippen LogP) is 1.77. The molecule has 5 heteroatoms. The highest BCUT2D eigenvalue weighted by molar-refractivity contribution is 6.31. The molecule has 1 fully saturated rings. The van der Waals surface area contributed by atoms with E-state index in [1.165, 1.54) is 5.56 Å². The quantitative estimate of drug-likeness (QED) is 0.868. The Balaban J connectivity index is 1.77. The summed E-state index contributed by atoms with van der Waals surface area (Å²) < 4.78 is 5.32. The van der Waals surface area contributed by atoms with Crippen molar-refractivity contribution < 1.29 is 9.84 Å². The van der Waals surface area contributed by atoms with Gasteiger partial charge in [-0.1, -0.05) is 23.7 Å². The van der Waals surface area contributed by atoms with Crippen LogP contribution in [0.4, 0.5) is 0 Å². The van der Waals surface area contributed by atoms with Crippen molar-refractivity contribution in [2.24, 2.45) is 0 Å². The summed E-state index contributed by atoms with van der Waals surface area (Å²) in [5.41, 5.74) is 2.31. The summed E-state index contributed by atoms with van der Waals surface area (Å²) in [5, 5.41) is 11.0. The van der Waals surface area contributed by atoms with E-state index in [1.807, 2.05) is 26.1 Å².